The highest BCUT2D eigenvalue weighted by Gasteiger charge is 2.35. The lowest BCUT2D eigenvalue weighted by atomic mass is 9.89. The number of benzene rings is 2. The standard InChI is InChI=1S/C18H21N3O/c19-10-15-11-21(12-17(15)13-5-2-1-3-6-13)18(22)14-7-4-8-16(20)9-14/h1-9,15,17H,10-12,19-20H2/t15-,17+/m1/s1. The Kier molecular flexibility index (Phi) is 4.11. The third kappa shape index (κ3) is 2.83. The SMILES string of the molecule is NC[C@@H]1CN(C(=O)c2cccc(N)c2)C[C@H]1c1ccccc1. The minimum atomic E-state index is 0.0316. The lowest BCUT2D eigenvalue weighted by molar-refractivity contribution is 0.0786. The molecule has 0 spiro atoms. The molecule has 3 rings (SSSR count). The average Bonchev–Trinajstić information content (AvgIpc) is 2.99. The largest absolute Gasteiger partial charge is 0.399 e. The minimum absolute atomic E-state index is 0.0316. The molecule has 0 bridgehead atoms. The molecular formula is C18H21N3O. The second-order valence-corrected chi connectivity index (χ2v) is 5.85. The second kappa shape index (κ2) is 6.20. The molecule has 1 aliphatic heterocycles. The van der Waals surface area contributed by atoms with Crippen molar-refractivity contribution in [2.75, 3.05) is 25.4 Å². The Morgan fingerprint density at radius 2 is 1.86 bits per heavy atom. The van der Waals surface area contributed by atoms with Crippen molar-refractivity contribution in [3.05, 3.63) is 65.7 Å². The molecule has 2 aromatic rings. The first-order valence-electron chi connectivity index (χ1n) is 7.59. The first-order chi connectivity index (χ1) is 10.7. The molecular weight excluding hydrogens is 274 g/mol. The van der Waals surface area contributed by atoms with E-state index in [0.717, 1.165) is 0 Å². The minimum Gasteiger partial charge on any atom is -0.399 e. The van der Waals surface area contributed by atoms with E-state index in [2.05, 4.69) is 12.1 Å². The van der Waals surface area contributed by atoms with Gasteiger partial charge in [-0.2, -0.15) is 0 Å². The number of rotatable bonds is 3. The van der Waals surface area contributed by atoms with Crippen LogP contribution in [-0.2, 0) is 0 Å². The molecule has 22 heavy (non-hydrogen) atoms. The van der Waals surface area contributed by atoms with Crippen molar-refractivity contribution in [1.29, 1.82) is 0 Å². The van der Waals surface area contributed by atoms with Gasteiger partial charge in [0, 0.05) is 30.3 Å². The number of nitrogens with zero attached hydrogens (tertiary/aromatic N) is 1. The summed E-state index contributed by atoms with van der Waals surface area (Å²) in [5.74, 6) is 0.632. The summed E-state index contributed by atoms with van der Waals surface area (Å²) in [5, 5.41) is 0. The number of hydrogen-bond acceptors (Lipinski definition) is 3. The Labute approximate surface area is 130 Å². The van der Waals surface area contributed by atoms with Crippen LogP contribution in [0.5, 0.6) is 0 Å². The monoisotopic (exact) mass is 295 g/mol. The van der Waals surface area contributed by atoms with E-state index in [1.54, 1.807) is 12.1 Å². The fourth-order valence-electron chi connectivity index (χ4n) is 3.21. The molecule has 1 aliphatic rings. The van der Waals surface area contributed by atoms with Gasteiger partial charge in [0.05, 0.1) is 0 Å². The average molecular weight is 295 g/mol. The van der Waals surface area contributed by atoms with Crippen LogP contribution in [0.25, 0.3) is 0 Å². The number of amides is 1. The van der Waals surface area contributed by atoms with E-state index in [0.29, 0.717) is 42.7 Å². The fraction of sp³-hybridized carbons (Fsp3) is 0.278. The molecule has 4 nitrogen and oxygen atoms in total. The molecule has 0 unspecified atom stereocenters. The van der Waals surface area contributed by atoms with E-state index < -0.39 is 0 Å². The summed E-state index contributed by atoms with van der Waals surface area (Å²) in [7, 11) is 0. The number of nitrogens with two attached hydrogens (primary N) is 2. The van der Waals surface area contributed by atoms with Crippen LogP contribution >= 0.6 is 0 Å². The van der Waals surface area contributed by atoms with Gasteiger partial charge in [0.25, 0.3) is 5.91 Å². The van der Waals surface area contributed by atoms with Crippen LogP contribution in [0.3, 0.4) is 0 Å². The van der Waals surface area contributed by atoms with Gasteiger partial charge in [-0.3, -0.25) is 4.79 Å². The van der Waals surface area contributed by atoms with Crippen LogP contribution < -0.4 is 11.5 Å². The molecule has 2 aromatic carbocycles. The predicted octanol–water partition coefficient (Wildman–Crippen LogP) is 2.08. The van der Waals surface area contributed by atoms with Crippen LogP contribution in [-0.4, -0.2) is 30.4 Å². The zero-order chi connectivity index (χ0) is 15.5. The third-order valence-electron chi connectivity index (χ3n) is 4.39. The zero-order valence-corrected chi connectivity index (χ0v) is 12.5. The number of carbonyl (C=O) groups excluding carboxylic acids is 1. The van der Waals surface area contributed by atoms with Crippen LogP contribution in [0, 0.1) is 5.92 Å². The second-order valence-electron chi connectivity index (χ2n) is 5.85. The highest BCUT2D eigenvalue weighted by Crippen LogP contribution is 2.32. The van der Waals surface area contributed by atoms with E-state index in [9.17, 15) is 4.79 Å². The molecule has 4 N–H and O–H groups in total. The van der Waals surface area contributed by atoms with Gasteiger partial charge in [-0.1, -0.05) is 36.4 Å². The van der Waals surface area contributed by atoms with Crippen molar-refractivity contribution < 1.29 is 4.79 Å². The van der Waals surface area contributed by atoms with E-state index in [-0.39, 0.29) is 5.91 Å². The van der Waals surface area contributed by atoms with Crippen LogP contribution in [0.15, 0.2) is 54.6 Å². The van der Waals surface area contributed by atoms with Gasteiger partial charge in [0.2, 0.25) is 0 Å². The van der Waals surface area contributed by atoms with Gasteiger partial charge in [-0.15, -0.1) is 0 Å². The normalized spacial score (nSPS) is 21.0. The van der Waals surface area contributed by atoms with Gasteiger partial charge in [-0.05, 0) is 36.2 Å². The maximum atomic E-state index is 12.7. The van der Waals surface area contributed by atoms with Crippen LogP contribution in [0.4, 0.5) is 5.69 Å². The Hall–Kier alpha value is -2.33. The first-order valence-corrected chi connectivity index (χ1v) is 7.59. The summed E-state index contributed by atoms with van der Waals surface area (Å²) in [6.07, 6.45) is 0. The van der Waals surface area contributed by atoms with Gasteiger partial charge in [-0.25, -0.2) is 0 Å². The Balaban J connectivity index is 1.81. The highest BCUT2D eigenvalue weighted by atomic mass is 16.2. The molecule has 114 valence electrons. The van der Waals surface area contributed by atoms with Crippen molar-refractivity contribution in [3.8, 4) is 0 Å². The van der Waals surface area contributed by atoms with Crippen molar-refractivity contribution in [3.63, 3.8) is 0 Å². The van der Waals surface area contributed by atoms with Crippen LogP contribution in [0.2, 0.25) is 0 Å². The smallest absolute Gasteiger partial charge is 0.253 e. The maximum Gasteiger partial charge on any atom is 0.253 e. The van der Waals surface area contributed by atoms with Crippen molar-refractivity contribution in [2.45, 2.75) is 5.92 Å². The summed E-state index contributed by atoms with van der Waals surface area (Å²) in [6, 6.07) is 17.4. The fourth-order valence-corrected chi connectivity index (χ4v) is 3.21. The van der Waals surface area contributed by atoms with Gasteiger partial charge < -0.3 is 16.4 Å². The Bertz CT molecular complexity index is 656. The topological polar surface area (TPSA) is 72.3 Å². The number of carbonyl (C=O) groups is 1. The Morgan fingerprint density at radius 1 is 1.09 bits per heavy atom. The van der Waals surface area contributed by atoms with Gasteiger partial charge in [0.1, 0.15) is 0 Å². The summed E-state index contributed by atoms with van der Waals surface area (Å²) in [5.41, 5.74) is 14.2. The molecule has 4 heteroatoms. The molecule has 1 fully saturated rings. The molecule has 1 amide bonds. The number of nitrogen functional groups attached to an aromatic ring is 1. The van der Waals surface area contributed by atoms with E-state index in [1.165, 1.54) is 5.56 Å². The number of hydrogen-bond donors (Lipinski definition) is 2. The van der Waals surface area contributed by atoms with Gasteiger partial charge >= 0.3 is 0 Å². The number of likely N-dealkylation sites (tertiary alicyclic amines) is 1. The summed E-state index contributed by atoms with van der Waals surface area (Å²) < 4.78 is 0. The van der Waals surface area contributed by atoms with Crippen molar-refractivity contribution in [2.24, 2.45) is 11.7 Å². The van der Waals surface area contributed by atoms with E-state index >= 15 is 0 Å². The third-order valence-corrected chi connectivity index (χ3v) is 4.39. The molecule has 0 aliphatic carbocycles. The van der Waals surface area contributed by atoms with Crippen LogP contribution in [0.1, 0.15) is 21.8 Å². The molecule has 0 aromatic heterocycles. The quantitative estimate of drug-likeness (QED) is 0.852. The van der Waals surface area contributed by atoms with Gasteiger partial charge in [0.15, 0.2) is 0 Å². The summed E-state index contributed by atoms with van der Waals surface area (Å²) in [4.78, 5) is 14.6. The Morgan fingerprint density at radius 3 is 2.55 bits per heavy atom. The summed E-state index contributed by atoms with van der Waals surface area (Å²) in [6.45, 7) is 1.99. The maximum absolute atomic E-state index is 12.7. The predicted molar refractivity (Wildman–Crippen MR) is 88.5 cm³/mol. The van der Waals surface area contributed by atoms with E-state index in [4.69, 9.17) is 11.5 Å². The number of anilines is 1. The lowest BCUT2D eigenvalue weighted by Gasteiger charge is -2.17. The molecule has 0 saturated carbocycles. The lowest BCUT2D eigenvalue weighted by Crippen LogP contribution is -2.29. The van der Waals surface area contributed by atoms with Crippen molar-refractivity contribution >= 4 is 11.6 Å². The highest BCUT2D eigenvalue weighted by molar-refractivity contribution is 5.95. The molecule has 1 saturated heterocycles. The summed E-state index contributed by atoms with van der Waals surface area (Å²) >= 11 is 0. The first kappa shape index (κ1) is 14.6. The molecule has 1 heterocycles. The molecule has 2 atom stereocenters. The van der Waals surface area contributed by atoms with E-state index in [1.807, 2.05) is 35.2 Å². The zero-order valence-electron chi connectivity index (χ0n) is 12.5. The van der Waals surface area contributed by atoms with Crippen molar-refractivity contribution in [1.82, 2.24) is 4.90 Å². The molecule has 0 radical (unpaired) electrons.